The molecule has 1 rings (SSSR count). The second kappa shape index (κ2) is 6.58. The van der Waals surface area contributed by atoms with E-state index in [0.29, 0.717) is 0 Å². The van der Waals surface area contributed by atoms with Crippen LogP contribution in [0.1, 0.15) is 39.5 Å². The van der Waals surface area contributed by atoms with Crippen LogP contribution in [0.4, 0.5) is 0 Å². The van der Waals surface area contributed by atoms with Crippen molar-refractivity contribution in [2.75, 3.05) is 33.3 Å². The average molecular weight is 228 g/mol. The largest absolute Gasteiger partial charge is 0.396 e. The molecule has 3 nitrogen and oxygen atoms in total. The summed E-state index contributed by atoms with van der Waals surface area (Å²) in [4.78, 5) is 2.42. The molecular weight excluding hydrogens is 200 g/mol. The van der Waals surface area contributed by atoms with Crippen LogP contribution < -0.4 is 5.32 Å². The van der Waals surface area contributed by atoms with Crippen molar-refractivity contribution in [1.29, 1.82) is 0 Å². The lowest BCUT2D eigenvalue weighted by atomic mass is 9.92. The highest BCUT2D eigenvalue weighted by molar-refractivity contribution is 4.83. The zero-order valence-corrected chi connectivity index (χ0v) is 11.1. The monoisotopic (exact) mass is 228 g/mol. The van der Waals surface area contributed by atoms with E-state index in [0.717, 1.165) is 25.3 Å². The van der Waals surface area contributed by atoms with Crippen LogP contribution in [-0.4, -0.2) is 48.8 Å². The highest BCUT2D eigenvalue weighted by Gasteiger charge is 2.23. The zero-order chi connectivity index (χ0) is 12.0. The van der Waals surface area contributed by atoms with Crippen molar-refractivity contribution in [1.82, 2.24) is 10.2 Å². The molecule has 3 heteroatoms. The molecule has 0 aromatic heterocycles. The molecule has 2 N–H and O–H groups in total. The number of likely N-dealkylation sites (tertiary alicyclic amines) is 1. The van der Waals surface area contributed by atoms with Crippen molar-refractivity contribution in [3.05, 3.63) is 0 Å². The Balaban J connectivity index is 2.31. The summed E-state index contributed by atoms with van der Waals surface area (Å²) in [7, 11) is 2.21. The summed E-state index contributed by atoms with van der Waals surface area (Å²) >= 11 is 0. The number of aliphatic hydroxyl groups is 1. The lowest BCUT2D eigenvalue weighted by Crippen LogP contribution is -2.47. The van der Waals surface area contributed by atoms with Gasteiger partial charge in [0.15, 0.2) is 0 Å². The zero-order valence-electron chi connectivity index (χ0n) is 11.1. The number of nitrogens with one attached hydrogen (secondary N) is 1. The van der Waals surface area contributed by atoms with Crippen molar-refractivity contribution >= 4 is 0 Å². The molecule has 0 aromatic carbocycles. The molecule has 16 heavy (non-hydrogen) atoms. The lowest BCUT2D eigenvalue weighted by molar-refractivity contribution is 0.174. The first-order valence-electron chi connectivity index (χ1n) is 6.64. The number of piperidine rings is 1. The van der Waals surface area contributed by atoms with Gasteiger partial charge in [-0.25, -0.2) is 0 Å². The first-order valence-corrected chi connectivity index (χ1v) is 6.64. The van der Waals surface area contributed by atoms with Crippen LogP contribution >= 0.6 is 0 Å². The molecular formula is C13H28N2O. The molecule has 2 unspecified atom stereocenters. The van der Waals surface area contributed by atoms with E-state index in [4.69, 9.17) is 5.11 Å². The van der Waals surface area contributed by atoms with Crippen molar-refractivity contribution < 1.29 is 5.11 Å². The number of nitrogens with zero attached hydrogens (tertiary/aromatic N) is 1. The first-order chi connectivity index (χ1) is 7.59. The fourth-order valence-electron chi connectivity index (χ4n) is 2.47. The fourth-order valence-corrected chi connectivity index (χ4v) is 2.47. The Morgan fingerprint density at radius 1 is 1.50 bits per heavy atom. The number of hydrogen-bond acceptors (Lipinski definition) is 3. The maximum absolute atomic E-state index is 9.06. The minimum Gasteiger partial charge on any atom is -0.396 e. The van der Waals surface area contributed by atoms with Crippen molar-refractivity contribution in [2.24, 2.45) is 5.92 Å². The standard InChI is InChI=1S/C13H28N2O/c1-4-13(2,7-9-16)14-10-12-6-5-8-15(3)11-12/h12,14,16H,4-11H2,1-3H3. The quantitative estimate of drug-likeness (QED) is 0.722. The molecule has 1 fully saturated rings. The molecule has 0 bridgehead atoms. The third-order valence-electron chi connectivity index (χ3n) is 3.98. The van der Waals surface area contributed by atoms with E-state index in [9.17, 15) is 0 Å². The highest BCUT2D eigenvalue weighted by Crippen LogP contribution is 2.18. The predicted octanol–water partition coefficient (Wildman–Crippen LogP) is 1.47. The Morgan fingerprint density at radius 2 is 2.25 bits per heavy atom. The van der Waals surface area contributed by atoms with Gasteiger partial charge in [-0.1, -0.05) is 6.92 Å². The van der Waals surface area contributed by atoms with Gasteiger partial charge in [0.1, 0.15) is 0 Å². The summed E-state index contributed by atoms with van der Waals surface area (Å²) in [6.45, 7) is 8.24. The maximum atomic E-state index is 9.06. The Labute approximate surface area is 100 Å². The second-order valence-corrected chi connectivity index (χ2v) is 5.54. The molecule has 0 aliphatic carbocycles. The summed E-state index contributed by atoms with van der Waals surface area (Å²) in [6.07, 6.45) is 4.60. The summed E-state index contributed by atoms with van der Waals surface area (Å²) in [5, 5.41) is 12.7. The van der Waals surface area contributed by atoms with Gasteiger partial charge in [-0.3, -0.25) is 0 Å². The van der Waals surface area contributed by atoms with E-state index in [1.165, 1.54) is 25.9 Å². The van der Waals surface area contributed by atoms with Crippen LogP contribution in [0, 0.1) is 5.92 Å². The third kappa shape index (κ3) is 4.40. The van der Waals surface area contributed by atoms with E-state index in [2.05, 4.69) is 31.1 Å². The van der Waals surface area contributed by atoms with Crippen LogP contribution in [0.5, 0.6) is 0 Å². The fraction of sp³-hybridized carbons (Fsp3) is 1.00. The van der Waals surface area contributed by atoms with Crippen molar-refractivity contribution in [3.8, 4) is 0 Å². The van der Waals surface area contributed by atoms with Gasteiger partial charge in [0.05, 0.1) is 0 Å². The van der Waals surface area contributed by atoms with Gasteiger partial charge in [-0.15, -0.1) is 0 Å². The molecule has 96 valence electrons. The molecule has 1 heterocycles. The lowest BCUT2D eigenvalue weighted by Gasteiger charge is -2.35. The van der Waals surface area contributed by atoms with Crippen LogP contribution in [0.25, 0.3) is 0 Å². The van der Waals surface area contributed by atoms with Crippen LogP contribution in [0.15, 0.2) is 0 Å². The molecule has 1 saturated heterocycles. The minimum absolute atomic E-state index is 0.116. The third-order valence-corrected chi connectivity index (χ3v) is 3.98. The Bertz CT molecular complexity index is 198. The molecule has 0 radical (unpaired) electrons. The number of aliphatic hydroxyl groups excluding tert-OH is 1. The SMILES string of the molecule is CCC(C)(CCO)NCC1CCCN(C)C1. The number of hydrogen-bond donors (Lipinski definition) is 2. The molecule has 1 aliphatic heterocycles. The van der Waals surface area contributed by atoms with E-state index >= 15 is 0 Å². The Hall–Kier alpha value is -0.120. The predicted molar refractivity (Wildman–Crippen MR) is 68.6 cm³/mol. The van der Waals surface area contributed by atoms with Crippen LogP contribution in [0.2, 0.25) is 0 Å². The van der Waals surface area contributed by atoms with Crippen LogP contribution in [0.3, 0.4) is 0 Å². The summed E-state index contributed by atoms with van der Waals surface area (Å²) in [6, 6.07) is 0. The van der Waals surface area contributed by atoms with E-state index in [1.807, 2.05) is 0 Å². The second-order valence-electron chi connectivity index (χ2n) is 5.54. The van der Waals surface area contributed by atoms with Gasteiger partial charge in [-0.2, -0.15) is 0 Å². The molecule has 0 saturated carbocycles. The van der Waals surface area contributed by atoms with Crippen molar-refractivity contribution in [3.63, 3.8) is 0 Å². The van der Waals surface area contributed by atoms with E-state index < -0.39 is 0 Å². The maximum Gasteiger partial charge on any atom is 0.0448 e. The molecule has 2 atom stereocenters. The first kappa shape index (κ1) is 13.9. The number of rotatable bonds is 6. The van der Waals surface area contributed by atoms with Gasteiger partial charge < -0.3 is 15.3 Å². The average Bonchev–Trinajstić information content (AvgIpc) is 2.27. The summed E-state index contributed by atoms with van der Waals surface area (Å²) < 4.78 is 0. The van der Waals surface area contributed by atoms with Gasteiger partial charge >= 0.3 is 0 Å². The van der Waals surface area contributed by atoms with Crippen LogP contribution in [-0.2, 0) is 0 Å². The minimum atomic E-state index is 0.116. The Morgan fingerprint density at radius 3 is 2.81 bits per heavy atom. The molecule has 1 aliphatic rings. The normalized spacial score (nSPS) is 26.6. The molecule has 0 amide bonds. The topological polar surface area (TPSA) is 35.5 Å². The molecule has 0 spiro atoms. The highest BCUT2D eigenvalue weighted by atomic mass is 16.3. The summed E-state index contributed by atoms with van der Waals surface area (Å²) in [5.41, 5.74) is 0.116. The van der Waals surface area contributed by atoms with Gasteiger partial charge in [0.2, 0.25) is 0 Å². The molecule has 0 aromatic rings. The Kier molecular flexibility index (Phi) is 5.73. The van der Waals surface area contributed by atoms with E-state index in [1.54, 1.807) is 0 Å². The van der Waals surface area contributed by atoms with Gasteiger partial charge in [0, 0.05) is 18.7 Å². The van der Waals surface area contributed by atoms with Crippen molar-refractivity contribution in [2.45, 2.75) is 45.1 Å². The smallest absolute Gasteiger partial charge is 0.0448 e. The van der Waals surface area contributed by atoms with Gasteiger partial charge in [-0.05, 0) is 58.7 Å². The summed E-state index contributed by atoms with van der Waals surface area (Å²) in [5.74, 6) is 0.781. The van der Waals surface area contributed by atoms with Gasteiger partial charge in [0.25, 0.3) is 0 Å². The van der Waals surface area contributed by atoms with E-state index in [-0.39, 0.29) is 12.1 Å².